The third kappa shape index (κ3) is 3.97. The smallest absolute Gasteiger partial charge is 0.332 e. The molecule has 9 heteroatoms. The Balaban J connectivity index is 1.88. The largest absolute Gasteiger partial charge is 0.497 e. The fourth-order valence-corrected chi connectivity index (χ4v) is 4.18. The van der Waals surface area contributed by atoms with Crippen molar-refractivity contribution < 1.29 is 4.74 Å². The molecule has 0 saturated carbocycles. The lowest BCUT2D eigenvalue weighted by Crippen LogP contribution is -2.40. The lowest BCUT2D eigenvalue weighted by molar-refractivity contribution is 0.414. The van der Waals surface area contributed by atoms with Crippen molar-refractivity contribution >= 4 is 17.1 Å². The molecule has 0 bridgehead atoms. The monoisotopic (exact) mass is 426 g/mol. The van der Waals surface area contributed by atoms with Gasteiger partial charge < -0.3 is 15.4 Å². The first-order chi connectivity index (χ1) is 15.1. The van der Waals surface area contributed by atoms with E-state index >= 15 is 0 Å². The Bertz CT molecular complexity index is 1170. The van der Waals surface area contributed by atoms with E-state index in [1.165, 1.54) is 4.57 Å². The number of anilines is 1. The number of hydrogen-bond donors (Lipinski definition) is 2. The van der Waals surface area contributed by atoms with Crippen LogP contribution in [0.5, 0.6) is 5.75 Å². The zero-order chi connectivity index (χ0) is 22.0. The molecule has 0 radical (unpaired) electrons. The molecule has 1 fully saturated rings. The van der Waals surface area contributed by atoms with Gasteiger partial charge in [-0.15, -0.1) is 0 Å². The van der Waals surface area contributed by atoms with Crippen molar-refractivity contribution in [1.29, 1.82) is 0 Å². The molecule has 166 valence electrons. The summed E-state index contributed by atoms with van der Waals surface area (Å²) in [6.07, 6.45) is 1.96. The van der Waals surface area contributed by atoms with Crippen molar-refractivity contribution in [2.24, 2.45) is 0 Å². The van der Waals surface area contributed by atoms with Crippen molar-refractivity contribution in [2.45, 2.75) is 52.4 Å². The number of piperidine rings is 1. The maximum absolute atomic E-state index is 13.3. The van der Waals surface area contributed by atoms with Gasteiger partial charge in [0.15, 0.2) is 11.2 Å². The number of imidazole rings is 1. The molecule has 1 saturated heterocycles. The van der Waals surface area contributed by atoms with Crippen LogP contribution in [0.25, 0.3) is 11.2 Å². The van der Waals surface area contributed by atoms with E-state index in [9.17, 15) is 9.59 Å². The number of nitrogens with one attached hydrogen (secondary N) is 2. The minimum atomic E-state index is -0.315. The minimum absolute atomic E-state index is 0.267. The van der Waals surface area contributed by atoms with Crippen LogP contribution >= 0.6 is 0 Å². The quantitative estimate of drug-likeness (QED) is 0.596. The number of rotatable bonds is 7. The average Bonchev–Trinajstić information content (AvgIpc) is 3.13. The summed E-state index contributed by atoms with van der Waals surface area (Å²) >= 11 is 0. The van der Waals surface area contributed by atoms with E-state index in [4.69, 9.17) is 9.72 Å². The topological polar surface area (TPSA) is 95.1 Å². The number of aromatic nitrogens is 4. The lowest BCUT2D eigenvalue weighted by Gasteiger charge is -2.24. The van der Waals surface area contributed by atoms with E-state index in [2.05, 4.69) is 10.6 Å². The number of hydrogen-bond acceptors (Lipinski definition) is 6. The standard InChI is InChI=1S/C22H30N6O3/c1-4-26-19-18(20(29)27(5-2)22(26)30)28(14-15-6-8-17(31-3)9-7-15)21(25-19)24-16-10-12-23-13-11-16/h6-9,16,23H,4-5,10-14H2,1-3H3,(H,24,25). The van der Waals surface area contributed by atoms with E-state index in [1.807, 2.05) is 42.7 Å². The van der Waals surface area contributed by atoms with Crippen molar-refractivity contribution in [3.63, 3.8) is 0 Å². The van der Waals surface area contributed by atoms with Crippen LogP contribution in [0, 0.1) is 0 Å². The van der Waals surface area contributed by atoms with Gasteiger partial charge in [0.05, 0.1) is 13.7 Å². The number of nitrogens with zero attached hydrogens (tertiary/aromatic N) is 4. The molecule has 1 aliphatic rings. The second kappa shape index (κ2) is 8.97. The summed E-state index contributed by atoms with van der Waals surface area (Å²) in [6.45, 7) is 6.83. The van der Waals surface area contributed by atoms with Crippen LogP contribution in [-0.4, -0.2) is 44.9 Å². The van der Waals surface area contributed by atoms with Crippen LogP contribution < -0.4 is 26.6 Å². The molecule has 3 heterocycles. The van der Waals surface area contributed by atoms with E-state index in [1.54, 1.807) is 11.7 Å². The average molecular weight is 427 g/mol. The summed E-state index contributed by atoms with van der Waals surface area (Å²) in [5.41, 5.74) is 1.30. The van der Waals surface area contributed by atoms with E-state index in [0.717, 1.165) is 37.2 Å². The number of fused-ring (bicyclic) bond motifs is 1. The summed E-state index contributed by atoms with van der Waals surface area (Å²) in [5.74, 6) is 1.41. The van der Waals surface area contributed by atoms with Crippen LogP contribution in [-0.2, 0) is 19.6 Å². The first-order valence-corrected chi connectivity index (χ1v) is 10.9. The molecule has 2 N–H and O–H groups in total. The Morgan fingerprint density at radius 2 is 1.74 bits per heavy atom. The number of benzene rings is 1. The number of methoxy groups -OCH3 is 1. The first kappa shape index (κ1) is 21.2. The highest BCUT2D eigenvalue weighted by molar-refractivity contribution is 5.74. The Labute approximate surface area is 180 Å². The maximum atomic E-state index is 13.3. The van der Waals surface area contributed by atoms with Gasteiger partial charge in [-0.2, -0.15) is 4.98 Å². The van der Waals surface area contributed by atoms with Gasteiger partial charge in [0.1, 0.15) is 5.75 Å². The number of ether oxygens (including phenoxy) is 1. The van der Waals surface area contributed by atoms with Gasteiger partial charge >= 0.3 is 5.69 Å². The fourth-order valence-electron chi connectivity index (χ4n) is 4.18. The predicted octanol–water partition coefficient (Wildman–Crippen LogP) is 1.62. The van der Waals surface area contributed by atoms with Gasteiger partial charge in [-0.3, -0.25) is 18.5 Å². The molecule has 3 aromatic rings. The molecule has 0 amide bonds. The number of aryl methyl sites for hydroxylation is 1. The van der Waals surface area contributed by atoms with E-state index in [0.29, 0.717) is 36.7 Å². The molecule has 1 aliphatic heterocycles. The molecule has 0 atom stereocenters. The fraction of sp³-hybridized carbons (Fsp3) is 0.500. The Kier molecular flexibility index (Phi) is 6.13. The highest BCUT2D eigenvalue weighted by Crippen LogP contribution is 2.22. The maximum Gasteiger partial charge on any atom is 0.332 e. The van der Waals surface area contributed by atoms with E-state index < -0.39 is 0 Å². The highest BCUT2D eigenvalue weighted by Gasteiger charge is 2.23. The zero-order valence-corrected chi connectivity index (χ0v) is 18.4. The van der Waals surface area contributed by atoms with Crippen LogP contribution in [0.15, 0.2) is 33.9 Å². The summed E-state index contributed by atoms with van der Waals surface area (Å²) in [5, 5.41) is 6.91. The Morgan fingerprint density at radius 1 is 1.06 bits per heavy atom. The van der Waals surface area contributed by atoms with Gasteiger partial charge in [-0.05, 0) is 57.5 Å². The Hall–Kier alpha value is -3.07. The predicted molar refractivity (Wildman–Crippen MR) is 121 cm³/mol. The molecular weight excluding hydrogens is 396 g/mol. The molecule has 1 aromatic carbocycles. The molecule has 2 aromatic heterocycles. The van der Waals surface area contributed by atoms with Gasteiger partial charge in [0.25, 0.3) is 5.56 Å². The molecule has 0 aliphatic carbocycles. The second-order valence-electron chi connectivity index (χ2n) is 7.79. The van der Waals surface area contributed by atoms with Crippen LogP contribution in [0.4, 0.5) is 5.95 Å². The third-order valence-corrected chi connectivity index (χ3v) is 5.92. The minimum Gasteiger partial charge on any atom is -0.497 e. The van der Waals surface area contributed by atoms with Crippen molar-refractivity contribution in [1.82, 2.24) is 24.0 Å². The van der Waals surface area contributed by atoms with E-state index in [-0.39, 0.29) is 17.3 Å². The summed E-state index contributed by atoms with van der Waals surface area (Å²) < 4.78 is 10.0. The third-order valence-electron chi connectivity index (χ3n) is 5.92. The van der Waals surface area contributed by atoms with Gasteiger partial charge in [0, 0.05) is 19.1 Å². The van der Waals surface area contributed by atoms with Crippen LogP contribution in [0.1, 0.15) is 32.3 Å². The van der Waals surface area contributed by atoms with Gasteiger partial charge in [-0.25, -0.2) is 4.79 Å². The normalized spacial score (nSPS) is 14.8. The zero-order valence-electron chi connectivity index (χ0n) is 18.4. The van der Waals surface area contributed by atoms with Crippen LogP contribution in [0.2, 0.25) is 0 Å². The molecular formula is C22H30N6O3. The lowest BCUT2D eigenvalue weighted by atomic mass is 10.1. The Morgan fingerprint density at radius 3 is 2.35 bits per heavy atom. The second-order valence-corrected chi connectivity index (χ2v) is 7.79. The molecule has 4 rings (SSSR count). The molecule has 9 nitrogen and oxygen atoms in total. The summed E-state index contributed by atoms with van der Waals surface area (Å²) in [6, 6.07) is 8.03. The van der Waals surface area contributed by atoms with Crippen molar-refractivity contribution in [2.75, 3.05) is 25.5 Å². The van der Waals surface area contributed by atoms with Crippen molar-refractivity contribution in [3.8, 4) is 5.75 Å². The summed E-state index contributed by atoms with van der Waals surface area (Å²) in [4.78, 5) is 30.9. The molecule has 0 spiro atoms. The molecule has 0 unspecified atom stereocenters. The molecule has 31 heavy (non-hydrogen) atoms. The SMILES string of the molecule is CCn1c(=O)c2c(nc(NC3CCNCC3)n2Cc2ccc(OC)cc2)n(CC)c1=O. The van der Waals surface area contributed by atoms with Crippen LogP contribution in [0.3, 0.4) is 0 Å². The van der Waals surface area contributed by atoms with Crippen molar-refractivity contribution in [3.05, 3.63) is 50.7 Å². The first-order valence-electron chi connectivity index (χ1n) is 10.9. The highest BCUT2D eigenvalue weighted by atomic mass is 16.5. The summed E-state index contributed by atoms with van der Waals surface area (Å²) in [7, 11) is 1.64. The van der Waals surface area contributed by atoms with Gasteiger partial charge in [0.2, 0.25) is 5.95 Å². The van der Waals surface area contributed by atoms with Gasteiger partial charge in [-0.1, -0.05) is 12.1 Å².